The van der Waals surface area contributed by atoms with Gasteiger partial charge in [0.15, 0.2) is 12.3 Å². The van der Waals surface area contributed by atoms with Gasteiger partial charge in [-0.2, -0.15) is 0 Å². The minimum absolute atomic E-state index is 0.194. The smallest absolute Gasteiger partial charge is 0.325 e. The Bertz CT molecular complexity index is 866. The number of carbonyl (C=O) groups is 1. The van der Waals surface area contributed by atoms with Crippen LogP contribution in [0.2, 0.25) is 0 Å². The summed E-state index contributed by atoms with van der Waals surface area (Å²) < 4.78 is 9.93. The molecule has 1 atom stereocenters. The maximum absolute atomic E-state index is 12.2. The standard InChI is InChI=1S/C14H14N4O4/c1-21-5-11-15-9-3-8-10(4-7(9)13(19)17-11)16-12(6-22-2)18-14(8)20/h3-4,7H,5-6H2,1-2H3,(H,16,18,20)/p+1. The summed E-state index contributed by atoms with van der Waals surface area (Å²) in [5, 5.41) is 0.853. The molecule has 1 aromatic heterocycles. The second kappa shape index (κ2) is 5.74. The van der Waals surface area contributed by atoms with Gasteiger partial charge in [-0.05, 0) is 11.1 Å². The normalized spacial score (nSPS) is 19.4. The Balaban J connectivity index is 2.15. The SMILES string of the molecule is COCC1=[NH+]C(=O)C2C=c3nc(COC)[nH]c(=O)c3=CC2=N1. The summed E-state index contributed by atoms with van der Waals surface area (Å²) in [6.07, 6.45) is 3.23. The first kappa shape index (κ1) is 14.5. The maximum Gasteiger partial charge on any atom is 0.325 e. The van der Waals surface area contributed by atoms with Gasteiger partial charge in [-0.15, -0.1) is 0 Å². The number of rotatable bonds is 4. The van der Waals surface area contributed by atoms with Crippen LogP contribution in [-0.2, 0) is 20.9 Å². The van der Waals surface area contributed by atoms with Crippen LogP contribution in [0.3, 0.4) is 0 Å². The van der Waals surface area contributed by atoms with E-state index in [1.54, 1.807) is 12.2 Å². The van der Waals surface area contributed by atoms with Gasteiger partial charge in [0.05, 0.1) is 10.6 Å². The number of H-pyrrole nitrogens is 1. The molecule has 0 bridgehead atoms. The van der Waals surface area contributed by atoms with Gasteiger partial charge in [0, 0.05) is 20.3 Å². The van der Waals surface area contributed by atoms with E-state index < -0.39 is 5.92 Å². The highest BCUT2D eigenvalue weighted by Gasteiger charge is 2.34. The molecule has 114 valence electrons. The van der Waals surface area contributed by atoms with E-state index >= 15 is 0 Å². The fourth-order valence-corrected chi connectivity index (χ4v) is 2.42. The minimum atomic E-state index is -0.558. The largest absolute Gasteiger partial charge is 0.377 e. The zero-order valence-electron chi connectivity index (χ0n) is 12.2. The molecule has 8 nitrogen and oxygen atoms in total. The first-order valence-corrected chi connectivity index (χ1v) is 6.68. The number of fused-ring (bicyclic) bond motifs is 2. The van der Waals surface area contributed by atoms with Gasteiger partial charge < -0.3 is 14.5 Å². The van der Waals surface area contributed by atoms with Crippen molar-refractivity contribution < 1.29 is 19.3 Å². The molecule has 0 radical (unpaired) electrons. The number of nitrogens with one attached hydrogen (secondary N) is 2. The molecule has 3 rings (SSSR count). The number of amidine groups is 1. The molecule has 0 aromatic carbocycles. The van der Waals surface area contributed by atoms with E-state index in [-0.39, 0.29) is 24.7 Å². The van der Waals surface area contributed by atoms with Gasteiger partial charge in [-0.3, -0.25) is 4.79 Å². The van der Waals surface area contributed by atoms with Gasteiger partial charge in [-0.1, -0.05) is 0 Å². The molecule has 1 aromatic rings. The van der Waals surface area contributed by atoms with Crippen LogP contribution < -0.4 is 21.1 Å². The third-order valence-electron chi connectivity index (χ3n) is 3.35. The van der Waals surface area contributed by atoms with Crippen LogP contribution >= 0.6 is 0 Å². The van der Waals surface area contributed by atoms with Crippen molar-refractivity contribution in [2.75, 3.05) is 20.8 Å². The lowest BCUT2D eigenvalue weighted by Crippen LogP contribution is -2.82. The minimum Gasteiger partial charge on any atom is -0.377 e. The van der Waals surface area contributed by atoms with E-state index in [0.29, 0.717) is 27.9 Å². The third-order valence-corrected chi connectivity index (χ3v) is 3.35. The molecule has 22 heavy (non-hydrogen) atoms. The van der Waals surface area contributed by atoms with Crippen LogP contribution in [0.25, 0.3) is 12.2 Å². The lowest BCUT2D eigenvalue weighted by molar-refractivity contribution is -0.382. The van der Waals surface area contributed by atoms with Crippen molar-refractivity contribution >= 4 is 29.6 Å². The molecule has 0 saturated carbocycles. The Labute approximate surface area is 124 Å². The second-order valence-corrected chi connectivity index (χ2v) is 4.94. The molecule has 0 saturated heterocycles. The number of aliphatic imine (C=N–C) groups is 1. The number of carbonyl (C=O) groups excluding carboxylic acids is 1. The first-order chi connectivity index (χ1) is 10.6. The van der Waals surface area contributed by atoms with Gasteiger partial charge in [0.1, 0.15) is 18.3 Å². The van der Waals surface area contributed by atoms with Gasteiger partial charge >= 0.3 is 11.7 Å². The van der Waals surface area contributed by atoms with Gasteiger partial charge in [-0.25, -0.2) is 14.8 Å². The molecule has 0 fully saturated rings. The van der Waals surface area contributed by atoms with E-state index in [0.717, 1.165) is 0 Å². The number of hydrogen-bond donors (Lipinski definition) is 2. The highest BCUT2D eigenvalue weighted by Crippen LogP contribution is 2.07. The van der Waals surface area contributed by atoms with Crippen molar-refractivity contribution in [3.63, 3.8) is 0 Å². The lowest BCUT2D eigenvalue weighted by atomic mass is 9.95. The van der Waals surface area contributed by atoms with Gasteiger partial charge in [0.2, 0.25) is 0 Å². The van der Waals surface area contributed by atoms with Crippen LogP contribution in [0.1, 0.15) is 5.82 Å². The molecule has 1 amide bonds. The molecule has 2 heterocycles. The summed E-state index contributed by atoms with van der Waals surface area (Å²) in [4.78, 5) is 38.3. The van der Waals surface area contributed by atoms with E-state index in [2.05, 4.69) is 20.0 Å². The van der Waals surface area contributed by atoms with E-state index in [1.807, 2.05) is 0 Å². The number of amides is 1. The highest BCUT2D eigenvalue weighted by molar-refractivity contribution is 6.26. The van der Waals surface area contributed by atoms with Crippen molar-refractivity contribution in [3.8, 4) is 0 Å². The highest BCUT2D eigenvalue weighted by atomic mass is 16.5. The second-order valence-electron chi connectivity index (χ2n) is 4.94. The number of aromatic nitrogens is 2. The number of methoxy groups -OCH3 is 2. The van der Waals surface area contributed by atoms with Crippen molar-refractivity contribution in [2.45, 2.75) is 6.61 Å². The zero-order chi connectivity index (χ0) is 15.7. The molecule has 1 unspecified atom stereocenters. The number of aromatic amines is 1. The van der Waals surface area contributed by atoms with Crippen LogP contribution in [0.5, 0.6) is 0 Å². The fourth-order valence-electron chi connectivity index (χ4n) is 2.42. The van der Waals surface area contributed by atoms with Crippen LogP contribution in [0, 0.1) is 5.92 Å². The summed E-state index contributed by atoms with van der Waals surface area (Å²) in [7, 11) is 3.03. The fraction of sp³-hybridized carbons (Fsp3) is 0.357. The topological polar surface area (TPSA) is 108 Å². The van der Waals surface area contributed by atoms with Crippen LogP contribution in [-0.4, -0.2) is 48.2 Å². The maximum atomic E-state index is 12.2. The van der Waals surface area contributed by atoms with E-state index in [1.165, 1.54) is 14.2 Å². The Morgan fingerprint density at radius 3 is 2.77 bits per heavy atom. The molecule has 2 N–H and O–H groups in total. The molecule has 1 aliphatic carbocycles. The average Bonchev–Trinajstić information content (AvgIpc) is 2.47. The predicted molar refractivity (Wildman–Crippen MR) is 77.5 cm³/mol. The first-order valence-electron chi connectivity index (χ1n) is 6.68. The summed E-state index contributed by atoms with van der Waals surface area (Å²) >= 11 is 0. The third kappa shape index (κ3) is 2.53. The lowest BCUT2D eigenvalue weighted by Gasteiger charge is -2.12. The Kier molecular flexibility index (Phi) is 3.78. The molecule has 1 aliphatic heterocycles. The van der Waals surface area contributed by atoms with Gasteiger partial charge in [0.25, 0.3) is 5.56 Å². The molecular formula is C14H15N4O4+. The zero-order valence-corrected chi connectivity index (χ0v) is 12.2. The quantitative estimate of drug-likeness (QED) is 0.593. The van der Waals surface area contributed by atoms with Crippen molar-refractivity contribution in [3.05, 3.63) is 26.7 Å². The number of hydrogen-bond acceptors (Lipinski definition) is 6. The monoisotopic (exact) mass is 303 g/mol. The Morgan fingerprint density at radius 2 is 2.05 bits per heavy atom. The van der Waals surface area contributed by atoms with Crippen LogP contribution in [0.4, 0.5) is 0 Å². The average molecular weight is 303 g/mol. The van der Waals surface area contributed by atoms with Crippen molar-refractivity contribution in [1.29, 1.82) is 0 Å². The Morgan fingerprint density at radius 1 is 1.27 bits per heavy atom. The van der Waals surface area contributed by atoms with Crippen LogP contribution in [0.15, 0.2) is 9.79 Å². The summed E-state index contributed by atoms with van der Waals surface area (Å²) in [6.45, 7) is 0.393. The summed E-state index contributed by atoms with van der Waals surface area (Å²) in [5.41, 5.74) is 0.226. The molecule has 8 heteroatoms. The Hall–Kier alpha value is -2.45. The summed E-state index contributed by atoms with van der Waals surface area (Å²) in [6, 6.07) is 0. The van der Waals surface area contributed by atoms with Crippen molar-refractivity contribution in [2.24, 2.45) is 10.9 Å². The van der Waals surface area contributed by atoms with E-state index in [4.69, 9.17) is 9.47 Å². The number of ether oxygens (including phenoxy) is 2. The van der Waals surface area contributed by atoms with E-state index in [9.17, 15) is 9.59 Å². The molecule has 0 spiro atoms. The number of nitrogens with zero attached hydrogens (tertiary/aromatic N) is 2. The summed E-state index contributed by atoms with van der Waals surface area (Å²) in [5.74, 6) is 0.0681. The predicted octanol–water partition coefficient (Wildman–Crippen LogP) is -3.79. The molecule has 2 aliphatic rings. The van der Waals surface area contributed by atoms with Crippen molar-refractivity contribution in [1.82, 2.24) is 9.97 Å². The molecular weight excluding hydrogens is 288 g/mol.